The lowest BCUT2D eigenvalue weighted by molar-refractivity contribution is -0.150. The van der Waals surface area contributed by atoms with E-state index in [1.165, 1.54) is 16.7 Å². The first kappa shape index (κ1) is 18.5. The zero-order valence-electron chi connectivity index (χ0n) is 17.1. The van der Waals surface area contributed by atoms with Crippen molar-refractivity contribution >= 4 is 5.97 Å². The van der Waals surface area contributed by atoms with E-state index in [-0.39, 0.29) is 23.7 Å². The molecule has 4 atom stereocenters. The smallest absolute Gasteiger partial charge is 0.325 e. The van der Waals surface area contributed by atoms with Crippen LogP contribution in [-0.2, 0) is 21.5 Å². The standard InChI is InChI=1S/C23H26N2O4/c1-4-29-22(26)20-23(16-8-6-5-7-9-16)14-25(23)21-17-13-19(28-3)18(27-2)12-15(17)10-11-24(20)21/h5-9,12-13,20-21H,4,10-11,14H2,1-3H3/t20-,21?,23-,25?/m0/s1. The third-order valence-corrected chi connectivity index (χ3v) is 6.56. The minimum absolute atomic E-state index is 0.0353. The van der Waals surface area contributed by atoms with Gasteiger partial charge < -0.3 is 14.2 Å². The SMILES string of the molecule is CCOC(=O)[C@@H]1N2CCc3cc(OC)c(OC)cc3C2N2C[C@]12c1ccccc1. The fraction of sp³-hybridized carbons (Fsp3) is 0.435. The number of fused-ring (bicyclic) bond motifs is 5. The predicted octanol–water partition coefficient (Wildman–Crippen LogP) is 2.72. The van der Waals surface area contributed by atoms with Crippen LogP contribution < -0.4 is 9.47 Å². The van der Waals surface area contributed by atoms with E-state index in [9.17, 15) is 4.79 Å². The molecule has 3 aliphatic rings. The summed E-state index contributed by atoms with van der Waals surface area (Å²) in [6.45, 7) is 3.91. The number of esters is 1. The second kappa shape index (κ2) is 6.75. The van der Waals surface area contributed by atoms with Gasteiger partial charge in [-0.25, -0.2) is 0 Å². The van der Waals surface area contributed by atoms with Crippen molar-refractivity contribution in [3.63, 3.8) is 0 Å². The number of benzene rings is 2. The van der Waals surface area contributed by atoms with E-state index in [1.54, 1.807) is 14.2 Å². The molecule has 6 heteroatoms. The monoisotopic (exact) mass is 394 g/mol. The van der Waals surface area contributed by atoms with Crippen molar-refractivity contribution in [2.75, 3.05) is 33.9 Å². The van der Waals surface area contributed by atoms with Gasteiger partial charge in [0.15, 0.2) is 11.5 Å². The van der Waals surface area contributed by atoms with E-state index in [0.29, 0.717) is 6.61 Å². The Morgan fingerprint density at radius 1 is 1.14 bits per heavy atom. The average Bonchev–Trinajstić information content (AvgIpc) is 3.42. The van der Waals surface area contributed by atoms with Crippen LogP contribution in [0.2, 0.25) is 0 Å². The summed E-state index contributed by atoms with van der Waals surface area (Å²) >= 11 is 0. The maximum atomic E-state index is 13.1. The van der Waals surface area contributed by atoms with Crippen molar-refractivity contribution in [2.24, 2.45) is 0 Å². The normalized spacial score (nSPS) is 29.4. The summed E-state index contributed by atoms with van der Waals surface area (Å²) in [5.74, 6) is 1.34. The molecule has 0 bridgehead atoms. The lowest BCUT2D eigenvalue weighted by Gasteiger charge is -2.37. The van der Waals surface area contributed by atoms with Gasteiger partial charge in [0.25, 0.3) is 0 Å². The van der Waals surface area contributed by atoms with Crippen LogP contribution in [-0.4, -0.2) is 55.7 Å². The van der Waals surface area contributed by atoms with Crippen LogP contribution in [0.5, 0.6) is 11.5 Å². The average molecular weight is 394 g/mol. The molecule has 0 aromatic heterocycles. The van der Waals surface area contributed by atoms with Gasteiger partial charge in [-0.15, -0.1) is 0 Å². The Kier molecular flexibility index (Phi) is 4.29. The highest BCUT2D eigenvalue weighted by Crippen LogP contribution is 2.62. The molecule has 0 spiro atoms. The highest BCUT2D eigenvalue weighted by atomic mass is 16.5. The topological polar surface area (TPSA) is 51.0 Å². The Morgan fingerprint density at radius 2 is 1.86 bits per heavy atom. The van der Waals surface area contributed by atoms with E-state index in [1.807, 2.05) is 25.1 Å². The number of ether oxygens (including phenoxy) is 3. The number of hydrogen-bond donors (Lipinski definition) is 0. The summed E-state index contributed by atoms with van der Waals surface area (Å²) in [7, 11) is 3.32. The van der Waals surface area contributed by atoms with Gasteiger partial charge in [0.1, 0.15) is 6.04 Å². The summed E-state index contributed by atoms with van der Waals surface area (Å²) in [4.78, 5) is 17.8. The van der Waals surface area contributed by atoms with E-state index < -0.39 is 0 Å². The second-order valence-corrected chi connectivity index (χ2v) is 7.84. The van der Waals surface area contributed by atoms with Crippen LogP contribution in [0, 0.1) is 0 Å². The Labute approximate surface area is 171 Å². The summed E-state index contributed by atoms with van der Waals surface area (Å²) in [6, 6.07) is 14.2. The van der Waals surface area contributed by atoms with Crippen molar-refractivity contribution in [3.8, 4) is 11.5 Å². The second-order valence-electron chi connectivity index (χ2n) is 7.84. The molecule has 2 fully saturated rings. The van der Waals surface area contributed by atoms with Crippen LogP contribution >= 0.6 is 0 Å². The molecule has 5 rings (SSSR count). The molecule has 29 heavy (non-hydrogen) atoms. The number of carbonyl (C=O) groups is 1. The number of hydrogen-bond acceptors (Lipinski definition) is 6. The Balaban J connectivity index is 1.62. The van der Waals surface area contributed by atoms with Crippen molar-refractivity contribution in [1.82, 2.24) is 9.80 Å². The van der Waals surface area contributed by atoms with E-state index in [0.717, 1.165) is 31.0 Å². The van der Waals surface area contributed by atoms with Gasteiger partial charge in [-0.05, 0) is 42.2 Å². The Hall–Kier alpha value is -2.57. The highest BCUT2D eigenvalue weighted by molar-refractivity contribution is 5.80. The van der Waals surface area contributed by atoms with Gasteiger partial charge in [-0.1, -0.05) is 30.3 Å². The summed E-state index contributed by atoms with van der Waals surface area (Å²) < 4.78 is 16.6. The van der Waals surface area contributed by atoms with Crippen molar-refractivity contribution in [3.05, 3.63) is 59.2 Å². The van der Waals surface area contributed by atoms with Gasteiger partial charge in [-0.3, -0.25) is 14.6 Å². The number of methoxy groups -OCH3 is 2. The van der Waals surface area contributed by atoms with Crippen LogP contribution in [0.25, 0.3) is 0 Å². The zero-order chi connectivity index (χ0) is 20.2. The molecular weight excluding hydrogens is 368 g/mol. The van der Waals surface area contributed by atoms with Crippen LogP contribution in [0.1, 0.15) is 29.8 Å². The molecule has 3 aliphatic heterocycles. The first-order valence-electron chi connectivity index (χ1n) is 10.1. The van der Waals surface area contributed by atoms with Gasteiger partial charge >= 0.3 is 5.97 Å². The van der Waals surface area contributed by atoms with Crippen LogP contribution in [0.15, 0.2) is 42.5 Å². The summed E-state index contributed by atoms with van der Waals surface area (Å²) in [5, 5.41) is 0. The van der Waals surface area contributed by atoms with Crippen LogP contribution in [0.3, 0.4) is 0 Å². The van der Waals surface area contributed by atoms with E-state index in [2.05, 4.69) is 34.1 Å². The molecule has 0 aliphatic carbocycles. The van der Waals surface area contributed by atoms with Crippen LogP contribution in [0.4, 0.5) is 0 Å². The third-order valence-electron chi connectivity index (χ3n) is 6.56. The molecule has 0 amide bonds. The lowest BCUT2D eigenvalue weighted by atomic mass is 9.89. The lowest BCUT2D eigenvalue weighted by Crippen LogP contribution is -2.49. The molecule has 6 nitrogen and oxygen atoms in total. The van der Waals surface area contributed by atoms with Crippen molar-refractivity contribution < 1.29 is 19.0 Å². The molecule has 2 aromatic rings. The fourth-order valence-electron chi connectivity index (χ4n) is 5.30. The van der Waals surface area contributed by atoms with E-state index >= 15 is 0 Å². The van der Waals surface area contributed by atoms with Gasteiger partial charge in [0.05, 0.1) is 32.5 Å². The summed E-state index contributed by atoms with van der Waals surface area (Å²) in [5.41, 5.74) is 3.29. The first-order valence-corrected chi connectivity index (χ1v) is 10.1. The molecule has 3 heterocycles. The number of carbonyl (C=O) groups excluding carboxylic acids is 1. The summed E-state index contributed by atoms with van der Waals surface area (Å²) in [6.07, 6.45) is 0.897. The number of rotatable bonds is 5. The maximum Gasteiger partial charge on any atom is 0.325 e. The maximum absolute atomic E-state index is 13.1. The quantitative estimate of drug-likeness (QED) is 0.574. The number of nitrogens with zero attached hydrogens (tertiary/aromatic N) is 2. The molecule has 2 saturated heterocycles. The van der Waals surface area contributed by atoms with Gasteiger partial charge in [-0.2, -0.15) is 0 Å². The molecule has 2 aromatic carbocycles. The molecule has 0 radical (unpaired) electrons. The molecule has 0 N–H and O–H groups in total. The first-order chi connectivity index (χ1) is 14.2. The Morgan fingerprint density at radius 3 is 2.55 bits per heavy atom. The largest absolute Gasteiger partial charge is 0.493 e. The third kappa shape index (κ3) is 2.52. The highest BCUT2D eigenvalue weighted by Gasteiger charge is 2.72. The molecule has 152 valence electrons. The fourth-order valence-corrected chi connectivity index (χ4v) is 5.30. The Bertz CT molecular complexity index is 947. The minimum Gasteiger partial charge on any atom is -0.493 e. The van der Waals surface area contributed by atoms with Gasteiger partial charge in [0.2, 0.25) is 0 Å². The molecule has 2 unspecified atom stereocenters. The van der Waals surface area contributed by atoms with Crippen molar-refractivity contribution in [2.45, 2.75) is 31.1 Å². The molecule has 0 saturated carbocycles. The minimum atomic E-state index is -0.326. The zero-order valence-corrected chi connectivity index (χ0v) is 17.1. The van der Waals surface area contributed by atoms with Crippen molar-refractivity contribution in [1.29, 1.82) is 0 Å². The van der Waals surface area contributed by atoms with E-state index in [4.69, 9.17) is 14.2 Å². The van der Waals surface area contributed by atoms with Gasteiger partial charge in [0, 0.05) is 13.1 Å². The molecular formula is C23H26N2O4. The predicted molar refractivity (Wildman–Crippen MR) is 108 cm³/mol.